The average Bonchev–Trinajstić information content (AvgIpc) is 2.84. The molecule has 6 nitrogen and oxygen atoms in total. The monoisotopic (exact) mass is 432 g/mol. The van der Waals surface area contributed by atoms with Gasteiger partial charge in [0.2, 0.25) is 0 Å². The molecule has 0 amide bonds. The number of halogens is 2. The van der Waals surface area contributed by atoms with Gasteiger partial charge in [0.25, 0.3) is 0 Å². The van der Waals surface area contributed by atoms with Crippen LogP contribution in [0.15, 0.2) is 6.33 Å². The van der Waals surface area contributed by atoms with Crippen molar-refractivity contribution in [3.05, 3.63) is 15.3 Å². The van der Waals surface area contributed by atoms with Gasteiger partial charge in [0.05, 0.1) is 18.5 Å². The number of hydrogen-bond acceptors (Lipinski definition) is 5. The van der Waals surface area contributed by atoms with Gasteiger partial charge in [-0.3, -0.25) is 0 Å². The molecule has 3 aliphatic rings. The molecule has 0 bridgehead atoms. The second-order valence-corrected chi connectivity index (χ2v) is 8.05. The van der Waals surface area contributed by atoms with Gasteiger partial charge in [0, 0.05) is 22.6 Å². The Morgan fingerprint density at radius 2 is 2.05 bits per heavy atom. The predicted molar refractivity (Wildman–Crippen MR) is 87.5 cm³/mol. The molecule has 2 unspecified atom stereocenters. The van der Waals surface area contributed by atoms with E-state index in [0.717, 1.165) is 5.65 Å². The first-order chi connectivity index (χ1) is 10.4. The summed E-state index contributed by atoms with van der Waals surface area (Å²) in [5, 5.41) is 0.402. The molecule has 2 aliphatic carbocycles. The molecule has 116 valence electrons. The van der Waals surface area contributed by atoms with Crippen molar-refractivity contribution in [2.75, 3.05) is 0 Å². The Hall–Kier alpha value is -0.510. The molecule has 22 heavy (non-hydrogen) atoms. The van der Waals surface area contributed by atoms with E-state index in [-0.39, 0.29) is 18.2 Å². The number of imidazole rings is 1. The molecule has 8 heteroatoms. The number of nitrogens with zero attached hydrogens (tertiary/aromatic N) is 4. The Kier molecular flexibility index (Phi) is 2.72. The number of hydrogen-bond donors (Lipinski definition) is 0. The molecule has 2 aromatic heterocycles. The highest BCUT2D eigenvalue weighted by Gasteiger charge is 2.66. The maximum Gasteiger partial charge on any atom is 0.194 e. The Morgan fingerprint density at radius 3 is 2.86 bits per heavy atom. The summed E-state index contributed by atoms with van der Waals surface area (Å²) in [5.74, 6) is 0.652. The zero-order chi connectivity index (χ0) is 15.2. The highest BCUT2D eigenvalue weighted by atomic mass is 127. The van der Waals surface area contributed by atoms with Gasteiger partial charge in [0.15, 0.2) is 20.4 Å². The highest BCUT2D eigenvalue weighted by molar-refractivity contribution is 14.1. The fourth-order valence-corrected chi connectivity index (χ4v) is 4.93. The minimum Gasteiger partial charge on any atom is -0.344 e. The van der Waals surface area contributed by atoms with Crippen LogP contribution in [0.3, 0.4) is 0 Å². The third kappa shape index (κ3) is 1.82. The molecule has 0 spiro atoms. The summed E-state index contributed by atoms with van der Waals surface area (Å²) in [6.45, 7) is 3.96. The summed E-state index contributed by atoms with van der Waals surface area (Å²) in [4.78, 5) is 13.1. The lowest BCUT2D eigenvalue weighted by Crippen LogP contribution is -2.30. The van der Waals surface area contributed by atoms with Crippen LogP contribution in [0.2, 0.25) is 5.15 Å². The van der Waals surface area contributed by atoms with Crippen LogP contribution in [0.4, 0.5) is 0 Å². The molecule has 3 heterocycles. The molecule has 1 saturated heterocycles. The van der Waals surface area contributed by atoms with Gasteiger partial charge in [-0.05, 0) is 32.1 Å². The fourth-order valence-electron chi connectivity index (χ4n) is 4.10. The first-order valence-electron chi connectivity index (χ1n) is 7.36. The molecule has 2 aromatic rings. The lowest BCUT2D eigenvalue weighted by atomic mass is 10.1. The van der Waals surface area contributed by atoms with Gasteiger partial charge in [-0.2, -0.15) is 0 Å². The number of fused-ring (bicyclic) bond motifs is 4. The van der Waals surface area contributed by atoms with Crippen molar-refractivity contribution in [1.82, 2.24) is 19.5 Å². The lowest BCUT2D eigenvalue weighted by Gasteiger charge is -2.24. The fraction of sp³-hybridized carbons (Fsp3) is 0.643. The van der Waals surface area contributed by atoms with Gasteiger partial charge in [0.1, 0.15) is 11.6 Å². The zero-order valence-electron chi connectivity index (χ0n) is 12.0. The normalized spacial score (nSPS) is 38.3. The molecule has 0 N–H and O–H groups in total. The minimum absolute atomic E-state index is 0.0579. The Morgan fingerprint density at radius 1 is 1.27 bits per heavy atom. The summed E-state index contributed by atoms with van der Waals surface area (Å²) < 4.78 is 15.0. The third-order valence-corrected chi connectivity index (χ3v) is 5.67. The predicted octanol–water partition coefficient (Wildman–Crippen LogP) is 2.80. The van der Waals surface area contributed by atoms with Crippen LogP contribution in [-0.2, 0) is 9.47 Å². The maximum absolute atomic E-state index is 6.20. The van der Waals surface area contributed by atoms with Gasteiger partial charge in [-0.25, -0.2) is 15.0 Å². The first-order valence-corrected chi connectivity index (χ1v) is 8.81. The van der Waals surface area contributed by atoms with E-state index >= 15 is 0 Å². The smallest absolute Gasteiger partial charge is 0.194 e. The van der Waals surface area contributed by atoms with E-state index in [1.165, 1.54) is 6.42 Å². The van der Waals surface area contributed by atoms with Crippen LogP contribution in [0.1, 0.15) is 26.3 Å². The standard InChI is InChI=1S/C14H14ClIN4O2/c1-14(2)21-9-6-3-5(6)8(10(9)22-14)20-4-17-7-11(15)18-13(16)19-12(7)20/h4-6,8-10H,3H2,1-2H3/t5?,6?,8-,9-,10+/m1/s1. The third-order valence-electron chi connectivity index (χ3n) is 4.92. The van der Waals surface area contributed by atoms with E-state index in [2.05, 4.69) is 42.1 Å². The summed E-state index contributed by atoms with van der Waals surface area (Å²) in [5.41, 5.74) is 1.44. The number of ether oxygens (including phenoxy) is 2. The van der Waals surface area contributed by atoms with Gasteiger partial charge < -0.3 is 14.0 Å². The van der Waals surface area contributed by atoms with Gasteiger partial charge in [-0.1, -0.05) is 11.6 Å². The van der Waals surface area contributed by atoms with Gasteiger partial charge >= 0.3 is 0 Å². The Labute approximate surface area is 145 Å². The van der Waals surface area contributed by atoms with Crippen LogP contribution in [0.5, 0.6) is 0 Å². The van der Waals surface area contributed by atoms with E-state index in [1.807, 2.05) is 20.2 Å². The minimum atomic E-state index is -0.515. The summed E-state index contributed by atoms with van der Waals surface area (Å²) in [7, 11) is 0. The van der Waals surface area contributed by atoms with Crippen LogP contribution >= 0.6 is 34.2 Å². The highest BCUT2D eigenvalue weighted by Crippen LogP contribution is 2.63. The van der Waals surface area contributed by atoms with E-state index in [4.69, 9.17) is 21.1 Å². The molecule has 1 aliphatic heterocycles. The second-order valence-electron chi connectivity index (χ2n) is 6.73. The van der Waals surface area contributed by atoms with Crippen molar-refractivity contribution in [3.8, 4) is 0 Å². The van der Waals surface area contributed by atoms with E-state index in [1.54, 1.807) is 0 Å². The van der Waals surface area contributed by atoms with E-state index in [9.17, 15) is 0 Å². The second kappa shape index (κ2) is 4.31. The largest absolute Gasteiger partial charge is 0.344 e. The van der Waals surface area contributed by atoms with Crippen molar-refractivity contribution < 1.29 is 9.47 Å². The summed E-state index contributed by atoms with van der Waals surface area (Å²) in [6.07, 6.45) is 3.24. The molecule has 0 radical (unpaired) electrons. The van der Waals surface area contributed by atoms with Crippen molar-refractivity contribution >= 4 is 45.4 Å². The Balaban J connectivity index is 1.63. The topological polar surface area (TPSA) is 62.1 Å². The summed E-state index contributed by atoms with van der Waals surface area (Å²) >= 11 is 8.28. The molecule has 5 atom stereocenters. The first kappa shape index (κ1) is 13.9. The van der Waals surface area contributed by atoms with Crippen molar-refractivity contribution in [2.45, 2.75) is 44.3 Å². The van der Waals surface area contributed by atoms with Crippen molar-refractivity contribution in [1.29, 1.82) is 0 Å². The lowest BCUT2D eigenvalue weighted by molar-refractivity contribution is -0.156. The summed E-state index contributed by atoms with van der Waals surface area (Å²) in [6, 6.07) is 0.212. The molecular formula is C14H14ClIN4O2. The number of rotatable bonds is 1. The maximum atomic E-state index is 6.20. The van der Waals surface area contributed by atoms with Crippen molar-refractivity contribution in [3.63, 3.8) is 0 Å². The molecule has 3 fully saturated rings. The van der Waals surface area contributed by atoms with E-state index in [0.29, 0.717) is 26.3 Å². The quantitative estimate of drug-likeness (QED) is 0.394. The van der Waals surface area contributed by atoms with Gasteiger partial charge in [-0.15, -0.1) is 0 Å². The average molecular weight is 433 g/mol. The van der Waals surface area contributed by atoms with Crippen LogP contribution in [0.25, 0.3) is 11.2 Å². The zero-order valence-corrected chi connectivity index (χ0v) is 14.9. The van der Waals surface area contributed by atoms with Crippen LogP contribution in [-0.4, -0.2) is 37.5 Å². The van der Waals surface area contributed by atoms with Crippen LogP contribution < -0.4 is 0 Å². The number of aromatic nitrogens is 4. The van der Waals surface area contributed by atoms with Crippen LogP contribution in [0, 0.1) is 15.7 Å². The Bertz CT molecular complexity index is 794. The molecule has 2 saturated carbocycles. The molecular weight excluding hydrogens is 419 g/mol. The van der Waals surface area contributed by atoms with E-state index < -0.39 is 5.79 Å². The van der Waals surface area contributed by atoms with Crippen molar-refractivity contribution in [2.24, 2.45) is 11.8 Å². The molecule has 0 aromatic carbocycles. The SMILES string of the molecule is CC1(C)O[C@@H]2[C@H](O1)C1CC1[C@H]2n1cnc2c(Cl)nc(I)nc21. The molecule has 5 rings (SSSR count).